The third-order valence-corrected chi connectivity index (χ3v) is 1.98. The van der Waals surface area contributed by atoms with E-state index in [1.165, 1.54) is 0 Å². The highest BCUT2D eigenvalue weighted by Gasteiger charge is 2.28. The number of carbonyl (C=O) groups is 1. The van der Waals surface area contributed by atoms with E-state index in [4.69, 9.17) is 5.73 Å². The van der Waals surface area contributed by atoms with Crippen LogP contribution in [0.5, 0.6) is 0 Å². The average molecular weight is 150 g/mol. The van der Waals surface area contributed by atoms with Crippen molar-refractivity contribution in [2.24, 2.45) is 10.8 Å². The molecule has 1 radical (unpaired) electrons. The zero-order valence-corrected chi connectivity index (χ0v) is 6.00. The van der Waals surface area contributed by atoms with Gasteiger partial charge in [-0.3, -0.25) is 4.79 Å². The molecule has 0 aromatic heterocycles. The Morgan fingerprint density at radius 2 is 2.27 bits per heavy atom. The van der Waals surface area contributed by atoms with E-state index in [2.05, 4.69) is 10.5 Å². The van der Waals surface area contributed by atoms with Crippen LogP contribution in [-0.2, 0) is 4.79 Å². The minimum Gasteiger partial charge on any atom is -0.364 e. The maximum absolute atomic E-state index is 10.7. The molecule has 0 saturated heterocycles. The van der Waals surface area contributed by atoms with Crippen molar-refractivity contribution in [2.75, 3.05) is 0 Å². The molecular formula is C7H8N3O. The summed E-state index contributed by atoms with van der Waals surface area (Å²) in [6, 6.07) is 0. The summed E-state index contributed by atoms with van der Waals surface area (Å²) in [4.78, 5) is 10.7. The summed E-state index contributed by atoms with van der Waals surface area (Å²) in [6.45, 7) is 0. The Bertz CT molecular complexity index is 277. The smallest absolute Gasteiger partial charge is 0.269 e. The van der Waals surface area contributed by atoms with Crippen LogP contribution in [0.15, 0.2) is 16.4 Å². The summed E-state index contributed by atoms with van der Waals surface area (Å²) >= 11 is 0. The van der Waals surface area contributed by atoms with E-state index in [0.29, 0.717) is 5.71 Å². The predicted octanol–water partition coefficient (Wildman–Crippen LogP) is -0.116. The zero-order chi connectivity index (χ0) is 7.84. The van der Waals surface area contributed by atoms with Crippen LogP contribution in [0.1, 0.15) is 19.3 Å². The van der Waals surface area contributed by atoms with Crippen molar-refractivity contribution in [1.29, 1.82) is 0 Å². The average Bonchev–Trinajstić information content (AvgIpc) is 2.41. The molecule has 0 aromatic carbocycles. The van der Waals surface area contributed by atoms with E-state index >= 15 is 0 Å². The van der Waals surface area contributed by atoms with Crippen LogP contribution in [0, 0.1) is 0 Å². The van der Waals surface area contributed by atoms with Crippen molar-refractivity contribution in [3.05, 3.63) is 11.3 Å². The SMILES string of the molecule is NC(=O)C1=N[N]C2=C1CCC2. The van der Waals surface area contributed by atoms with Gasteiger partial charge in [-0.1, -0.05) is 0 Å². The van der Waals surface area contributed by atoms with E-state index in [-0.39, 0.29) is 0 Å². The van der Waals surface area contributed by atoms with Crippen LogP contribution in [0.2, 0.25) is 0 Å². The quantitative estimate of drug-likeness (QED) is 0.556. The van der Waals surface area contributed by atoms with Crippen molar-refractivity contribution < 1.29 is 4.79 Å². The second kappa shape index (κ2) is 2.08. The van der Waals surface area contributed by atoms with E-state index < -0.39 is 5.91 Å². The molecule has 0 spiro atoms. The van der Waals surface area contributed by atoms with Gasteiger partial charge in [0.2, 0.25) is 0 Å². The fourth-order valence-electron chi connectivity index (χ4n) is 1.46. The van der Waals surface area contributed by atoms with E-state index in [1.54, 1.807) is 0 Å². The van der Waals surface area contributed by atoms with Gasteiger partial charge in [0.05, 0.1) is 5.70 Å². The molecule has 0 aromatic rings. The van der Waals surface area contributed by atoms with Gasteiger partial charge in [-0.2, -0.15) is 5.43 Å². The highest BCUT2D eigenvalue weighted by molar-refractivity contribution is 6.45. The molecule has 4 nitrogen and oxygen atoms in total. The number of carbonyl (C=O) groups excluding carboxylic acids is 1. The fourth-order valence-corrected chi connectivity index (χ4v) is 1.46. The topological polar surface area (TPSA) is 69.6 Å². The zero-order valence-electron chi connectivity index (χ0n) is 6.00. The molecule has 0 fully saturated rings. The molecule has 1 heterocycles. The summed E-state index contributed by atoms with van der Waals surface area (Å²) < 4.78 is 0. The summed E-state index contributed by atoms with van der Waals surface area (Å²) in [5.41, 5.74) is 11.3. The van der Waals surface area contributed by atoms with Gasteiger partial charge in [-0.25, -0.2) is 0 Å². The molecule has 11 heavy (non-hydrogen) atoms. The predicted molar refractivity (Wildman–Crippen MR) is 39.6 cm³/mol. The van der Waals surface area contributed by atoms with E-state index in [1.807, 2.05) is 0 Å². The lowest BCUT2D eigenvalue weighted by molar-refractivity contribution is -0.111. The van der Waals surface area contributed by atoms with E-state index in [0.717, 1.165) is 30.5 Å². The Morgan fingerprint density at radius 3 is 3.00 bits per heavy atom. The maximum atomic E-state index is 10.7. The Balaban J connectivity index is 2.32. The molecule has 1 aliphatic carbocycles. The Morgan fingerprint density at radius 1 is 1.45 bits per heavy atom. The van der Waals surface area contributed by atoms with Crippen molar-refractivity contribution in [2.45, 2.75) is 19.3 Å². The highest BCUT2D eigenvalue weighted by Crippen LogP contribution is 2.29. The minimum atomic E-state index is -0.458. The van der Waals surface area contributed by atoms with Crippen LogP contribution in [0.25, 0.3) is 0 Å². The van der Waals surface area contributed by atoms with Gasteiger partial charge >= 0.3 is 0 Å². The number of allylic oxidation sites excluding steroid dienone is 1. The lowest BCUT2D eigenvalue weighted by atomic mass is 10.1. The first-order valence-electron chi connectivity index (χ1n) is 3.60. The Hall–Kier alpha value is -1.32. The minimum absolute atomic E-state index is 0.373. The normalized spacial score (nSPS) is 21.3. The van der Waals surface area contributed by atoms with Crippen molar-refractivity contribution in [1.82, 2.24) is 5.43 Å². The second-order valence-corrected chi connectivity index (χ2v) is 2.69. The molecule has 2 aliphatic rings. The van der Waals surface area contributed by atoms with Crippen LogP contribution < -0.4 is 11.2 Å². The van der Waals surface area contributed by atoms with E-state index in [9.17, 15) is 4.79 Å². The number of hydrogen-bond acceptors (Lipinski definition) is 2. The molecule has 0 atom stereocenters. The van der Waals surface area contributed by atoms with Gasteiger partial charge in [0.1, 0.15) is 0 Å². The van der Waals surface area contributed by atoms with Crippen LogP contribution in [0.4, 0.5) is 0 Å². The number of hydrogen-bond donors (Lipinski definition) is 1. The molecule has 57 valence electrons. The first kappa shape index (κ1) is 6.39. The van der Waals surface area contributed by atoms with Gasteiger partial charge in [0, 0.05) is 5.57 Å². The van der Waals surface area contributed by atoms with Gasteiger partial charge in [0.15, 0.2) is 5.71 Å². The molecule has 2 N–H and O–H groups in total. The van der Waals surface area contributed by atoms with Gasteiger partial charge in [-0.15, -0.1) is 5.10 Å². The number of nitrogens with two attached hydrogens (primary N) is 1. The van der Waals surface area contributed by atoms with Gasteiger partial charge < -0.3 is 5.73 Å². The lowest BCUT2D eigenvalue weighted by Gasteiger charge is -1.94. The molecule has 1 amide bonds. The van der Waals surface area contributed by atoms with Crippen LogP contribution >= 0.6 is 0 Å². The maximum Gasteiger partial charge on any atom is 0.269 e. The molecule has 0 unspecified atom stereocenters. The molecule has 4 heteroatoms. The Labute approximate surface area is 64.1 Å². The molecule has 2 rings (SSSR count). The molecular weight excluding hydrogens is 142 g/mol. The standard InChI is InChI=1S/C7H8N3O/c8-7(11)6-4-2-1-3-5(4)9-10-6/h1-3H2,(H2,8,11). The van der Waals surface area contributed by atoms with Crippen molar-refractivity contribution >= 4 is 11.6 Å². The van der Waals surface area contributed by atoms with Gasteiger partial charge in [0.25, 0.3) is 5.91 Å². The summed E-state index contributed by atoms with van der Waals surface area (Å²) in [6.07, 6.45) is 2.91. The highest BCUT2D eigenvalue weighted by atomic mass is 16.1. The number of nitrogens with zero attached hydrogens (tertiary/aromatic N) is 2. The monoisotopic (exact) mass is 150 g/mol. The summed E-state index contributed by atoms with van der Waals surface area (Å²) in [5, 5.41) is 3.71. The first-order valence-corrected chi connectivity index (χ1v) is 3.60. The third kappa shape index (κ3) is 0.824. The first-order chi connectivity index (χ1) is 5.29. The summed E-state index contributed by atoms with van der Waals surface area (Å²) in [5.74, 6) is -0.458. The fraction of sp³-hybridized carbons (Fsp3) is 0.429. The largest absolute Gasteiger partial charge is 0.364 e. The van der Waals surface area contributed by atoms with Crippen LogP contribution in [-0.4, -0.2) is 11.6 Å². The second-order valence-electron chi connectivity index (χ2n) is 2.69. The third-order valence-electron chi connectivity index (χ3n) is 1.98. The molecule has 0 bridgehead atoms. The number of primary amides is 1. The van der Waals surface area contributed by atoms with Crippen molar-refractivity contribution in [3.63, 3.8) is 0 Å². The Kier molecular flexibility index (Phi) is 1.21. The molecule has 1 aliphatic heterocycles. The molecule has 0 saturated carbocycles. The van der Waals surface area contributed by atoms with Crippen molar-refractivity contribution in [3.8, 4) is 0 Å². The number of amides is 1. The van der Waals surface area contributed by atoms with Crippen LogP contribution in [0.3, 0.4) is 0 Å². The number of rotatable bonds is 1. The summed E-state index contributed by atoms with van der Waals surface area (Å²) in [7, 11) is 0. The lowest BCUT2D eigenvalue weighted by Crippen LogP contribution is -2.23. The van der Waals surface area contributed by atoms with Gasteiger partial charge in [-0.05, 0) is 19.3 Å².